The average molecular weight is 276 g/mol. The molecule has 20 heavy (non-hydrogen) atoms. The van der Waals surface area contributed by atoms with Crippen molar-refractivity contribution in [2.45, 2.75) is 39.3 Å². The fraction of sp³-hybridized carbons (Fsp3) is 0.647. The summed E-state index contributed by atoms with van der Waals surface area (Å²) in [4.78, 5) is 2.60. The molecule has 2 rings (SSSR count). The first-order chi connectivity index (χ1) is 9.70. The van der Waals surface area contributed by atoms with Crippen LogP contribution in [-0.4, -0.2) is 43.2 Å². The molecule has 3 atom stereocenters. The molecule has 1 aliphatic rings. The van der Waals surface area contributed by atoms with E-state index in [0.717, 1.165) is 37.9 Å². The predicted molar refractivity (Wildman–Crippen MR) is 84.2 cm³/mol. The molecule has 1 N–H and O–H groups in total. The smallest absolute Gasteiger partial charge is 0.119 e. The number of rotatable bonds is 6. The van der Waals surface area contributed by atoms with Crippen molar-refractivity contribution in [3.8, 4) is 5.75 Å². The van der Waals surface area contributed by atoms with E-state index in [4.69, 9.17) is 4.74 Å². The van der Waals surface area contributed by atoms with Crippen LogP contribution in [-0.2, 0) is 0 Å². The van der Waals surface area contributed by atoms with Crippen LogP contribution in [0.15, 0.2) is 30.3 Å². The highest BCUT2D eigenvalue weighted by Crippen LogP contribution is 2.18. The zero-order chi connectivity index (χ0) is 14.4. The molecule has 3 unspecified atom stereocenters. The van der Waals surface area contributed by atoms with Crippen molar-refractivity contribution in [3.63, 3.8) is 0 Å². The molecule has 1 fully saturated rings. The Labute approximate surface area is 123 Å². The third kappa shape index (κ3) is 4.22. The second kappa shape index (κ2) is 7.65. The number of nitrogens with zero attached hydrogens (tertiary/aromatic N) is 1. The first-order valence-corrected chi connectivity index (χ1v) is 7.86. The summed E-state index contributed by atoms with van der Waals surface area (Å²) in [5.74, 6) is 1.70. The molecule has 0 aliphatic carbocycles. The van der Waals surface area contributed by atoms with Gasteiger partial charge in [-0.3, -0.25) is 4.90 Å². The van der Waals surface area contributed by atoms with Crippen LogP contribution in [0.2, 0.25) is 0 Å². The first kappa shape index (κ1) is 15.3. The van der Waals surface area contributed by atoms with Crippen LogP contribution in [0.5, 0.6) is 5.75 Å². The quantitative estimate of drug-likeness (QED) is 0.864. The van der Waals surface area contributed by atoms with E-state index in [2.05, 4.69) is 31.0 Å². The van der Waals surface area contributed by atoms with Gasteiger partial charge in [0.25, 0.3) is 0 Å². The van der Waals surface area contributed by atoms with Crippen LogP contribution in [0.4, 0.5) is 0 Å². The topological polar surface area (TPSA) is 24.5 Å². The van der Waals surface area contributed by atoms with Crippen molar-refractivity contribution >= 4 is 0 Å². The Balaban J connectivity index is 1.84. The Morgan fingerprint density at radius 1 is 1.35 bits per heavy atom. The van der Waals surface area contributed by atoms with Gasteiger partial charge in [-0.1, -0.05) is 38.5 Å². The Hall–Kier alpha value is -1.06. The van der Waals surface area contributed by atoms with Gasteiger partial charge in [-0.15, -0.1) is 0 Å². The molecule has 1 heterocycles. The van der Waals surface area contributed by atoms with Gasteiger partial charge in [-0.25, -0.2) is 0 Å². The zero-order valence-corrected chi connectivity index (χ0v) is 13.0. The SMILES string of the molecule is CCC(C)C1CNC(C)CN1CCOc1ccccc1. The van der Waals surface area contributed by atoms with E-state index in [-0.39, 0.29) is 0 Å². The van der Waals surface area contributed by atoms with Crippen molar-refractivity contribution in [3.05, 3.63) is 30.3 Å². The molecule has 112 valence electrons. The fourth-order valence-electron chi connectivity index (χ4n) is 2.89. The summed E-state index contributed by atoms with van der Waals surface area (Å²) in [6, 6.07) is 11.3. The molecule has 1 aromatic rings. The summed E-state index contributed by atoms with van der Waals surface area (Å²) in [5.41, 5.74) is 0. The number of hydrogen-bond donors (Lipinski definition) is 1. The number of nitrogens with one attached hydrogen (secondary N) is 1. The molecule has 1 aliphatic heterocycles. The van der Waals surface area contributed by atoms with Crippen molar-refractivity contribution in [1.82, 2.24) is 10.2 Å². The van der Waals surface area contributed by atoms with Crippen molar-refractivity contribution in [2.75, 3.05) is 26.2 Å². The minimum atomic E-state index is 0.576. The highest BCUT2D eigenvalue weighted by molar-refractivity contribution is 5.20. The van der Waals surface area contributed by atoms with Gasteiger partial charge in [0, 0.05) is 31.7 Å². The maximum absolute atomic E-state index is 5.84. The van der Waals surface area contributed by atoms with Crippen LogP contribution in [0.1, 0.15) is 27.2 Å². The lowest BCUT2D eigenvalue weighted by atomic mass is 9.95. The van der Waals surface area contributed by atoms with Gasteiger partial charge in [0.2, 0.25) is 0 Å². The number of piperazine rings is 1. The van der Waals surface area contributed by atoms with Crippen LogP contribution in [0.25, 0.3) is 0 Å². The van der Waals surface area contributed by atoms with Crippen LogP contribution >= 0.6 is 0 Å². The van der Waals surface area contributed by atoms with E-state index in [0.29, 0.717) is 12.1 Å². The molecular formula is C17H28N2O. The highest BCUT2D eigenvalue weighted by atomic mass is 16.5. The largest absolute Gasteiger partial charge is 0.492 e. The number of benzene rings is 1. The molecule has 1 saturated heterocycles. The molecule has 1 aromatic carbocycles. The van der Waals surface area contributed by atoms with Crippen LogP contribution in [0, 0.1) is 5.92 Å². The van der Waals surface area contributed by atoms with Gasteiger partial charge in [0.15, 0.2) is 0 Å². The van der Waals surface area contributed by atoms with Gasteiger partial charge in [0.05, 0.1) is 0 Å². The Morgan fingerprint density at radius 2 is 2.10 bits per heavy atom. The van der Waals surface area contributed by atoms with E-state index in [9.17, 15) is 0 Å². The minimum Gasteiger partial charge on any atom is -0.492 e. The van der Waals surface area contributed by atoms with Crippen molar-refractivity contribution in [1.29, 1.82) is 0 Å². The Bertz CT molecular complexity index is 382. The Morgan fingerprint density at radius 3 is 2.80 bits per heavy atom. The Kier molecular flexibility index (Phi) is 5.86. The standard InChI is InChI=1S/C17H28N2O/c1-4-14(2)17-12-18-15(3)13-19(17)10-11-20-16-8-6-5-7-9-16/h5-9,14-15,17-18H,4,10-13H2,1-3H3. The van der Waals surface area contributed by atoms with Gasteiger partial charge < -0.3 is 10.1 Å². The summed E-state index contributed by atoms with van der Waals surface area (Å²) >= 11 is 0. The molecule has 0 aromatic heterocycles. The number of ether oxygens (including phenoxy) is 1. The summed E-state index contributed by atoms with van der Waals surface area (Å²) in [6.07, 6.45) is 1.23. The second-order valence-electron chi connectivity index (χ2n) is 5.92. The minimum absolute atomic E-state index is 0.576. The van der Waals surface area contributed by atoms with Crippen LogP contribution in [0.3, 0.4) is 0 Å². The molecule has 0 bridgehead atoms. The molecule has 0 radical (unpaired) electrons. The van der Waals surface area contributed by atoms with Gasteiger partial charge >= 0.3 is 0 Å². The summed E-state index contributed by atoms with van der Waals surface area (Å²) in [5, 5.41) is 3.60. The third-order valence-corrected chi connectivity index (χ3v) is 4.34. The number of hydrogen-bond acceptors (Lipinski definition) is 3. The molecule has 0 saturated carbocycles. The maximum atomic E-state index is 5.84. The summed E-state index contributed by atoms with van der Waals surface area (Å²) < 4.78 is 5.84. The van der Waals surface area contributed by atoms with Gasteiger partial charge in [0.1, 0.15) is 12.4 Å². The third-order valence-electron chi connectivity index (χ3n) is 4.34. The maximum Gasteiger partial charge on any atom is 0.119 e. The molecule has 3 heteroatoms. The monoisotopic (exact) mass is 276 g/mol. The summed E-state index contributed by atoms with van der Waals surface area (Å²) in [6.45, 7) is 10.9. The normalized spacial score (nSPS) is 25.4. The van der Waals surface area contributed by atoms with Crippen LogP contribution < -0.4 is 10.1 Å². The highest BCUT2D eigenvalue weighted by Gasteiger charge is 2.28. The van der Waals surface area contributed by atoms with E-state index in [1.54, 1.807) is 0 Å². The average Bonchev–Trinajstić information content (AvgIpc) is 2.48. The fourth-order valence-corrected chi connectivity index (χ4v) is 2.89. The van der Waals surface area contributed by atoms with Gasteiger partial charge in [-0.05, 0) is 25.0 Å². The second-order valence-corrected chi connectivity index (χ2v) is 5.92. The molecular weight excluding hydrogens is 248 g/mol. The van der Waals surface area contributed by atoms with E-state index in [1.807, 2.05) is 30.3 Å². The molecule has 0 spiro atoms. The molecule has 3 nitrogen and oxygen atoms in total. The van der Waals surface area contributed by atoms with Crippen molar-refractivity contribution in [2.24, 2.45) is 5.92 Å². The number of para-hydroxylation sites is 1. The lowest BCUT2D eigenvalue weighted by molar-refractivity contribution is 0.0803. The van der Waals surface area contributed by atoms with E-state index < -0.39 is 0 Å². The molecule has 0 amide bonds. The van der Waals surface area contributed by atoms with Crippen molar-refractivity contribution < 1.29 is 4.74 Å². The zero-order valence-electron chi connectivity index (χ0n) is 13.0. The lowest BCUT2D eigenvalue weighted by Crippen LogP contribution is -2.58. The van der Waals surface area contributed by atoms with Gasteiger partial charge in [-0.2, -0.15) is 0 Å². The summed E-state index contributed by atoms with van der Waals surface area (Å²) in [7, 11) is 0. The van der Waals surface area contributed by atoms with E-state index in [1.165, 1.54) is 6.42 Å². The first-order valence-electron chi connectivity index (χ1n) is 7.86. The predicted octanol–water partition coefficient (Wildman–Crippen LogP) is 2.77. The lowest BCUT2D eigenvalue weighted by Gasteiger charge is -2.42. The van der Waals surface area contributed by atoms with E-state index >= 15 is 0 Å².